The summed E-state index contributed by atoms with van der Waals surface area (Å²) in [5.41, 5.74) is 4.95. The van der Waals surface area contributed by atoms with E-state index in [0.717, 1.165) is 18.2 Å². The van der Waals surface area contributed by atoms with Crippen molar-refractivity contribution >= 4 is 5.97 Å². The SMILES string of the molecule is NCC(=O)Oc1ccc(F)c(F)c1. The van der Waals surface area contributed by atoms with Gasteiger partial charge in [-0.1, -0.05) is 0 Å². The summed E-state index contributed by atoms with van der Waals surface area (Å²) in [5, 5.41) is 0. The summed E-state index contributed by atoms with van der Waals surface area (Å²) in [4.78, 5) is 10.6. The van der Waals surface area contributed by atoms with Crippen molar-refractivity contribution < 1.29 is 18.3 Å². The van der Waals surface area contributed by atoms with Gasteiger partial charge in [-0.2, -0.15) is 0 Å². The van der Waals surface area contributed by atoms with Gasteiger partial charge < -0.3 is 10.5 Å². The average molecular weight is 187 g/mol. The van der Waals surface area contributed by atoms with Crippen LogP contribution in [0.4, 0.5) is 8.78 Å². The number of nitrogens with two attached hydrogens (primary N) is 1. The van der Waals surface area contributed by atoms with Crippen molar-refractivity contribution in [1.82, 2.24) is 0 Å². The lowest BCUT2D eigenvalue weighted by atomic mass is 10.3. The minimum Gasteiger partial charge on any atom is -0.425 e. The van der Waals surface area contributed by atoms with Crippen LogP contribution in [-0.2, 0) is 4.79 Å². The first kappa shape index (κ1) is 9.60. The minimum absolute atomic E-state index is 0.0608. The van der Waals surface area contributed by atoms with Crippen molar-refractivity contribution in [3.8, 4) is 5.75 Å². The average Bonchev–Trinajstić information content (AvgIpc) is 2.11. The van der Waals surface area contributed by atoms with Crippen molar-refractivity contribution in [3.63, 3.8) is 0 Å². The molecule has 3 nitrogen and oxygen atoms in total. The fraction of sp³-hybridized carbons (Fsp3) is 0.125. The van der Waals surface area contributed by atoms with E-state index in [1.807, 2.05) is 0 Å². The zero-order valence-electron chi connectivity index (χ0n) is 6.59. The van der Waals surface area contributed by atoms with Gasteiger partial charge in [-0.25, -0.2) is 8.78 Å². The summed E-state index contributed by atoms with van der Waals surface area (Å²) in [6.07, 6.45) is 0. The largest absolute Gasteiger partial charge is 0.425 e. The maximum atomic E-state index is 12.5. The quantitative estimate of drug-likeness (QED) is 0.551. The van der Waals surface area contributed by atoms with Crippen LogP contribution in [0.25, 0.3) is 0 Å². The summed E-state index contributed by atoms with van der Waals surface area (Å²) in [7, 11) is 0. The Balaban J connectivity index is 2.79. The molecule has 0 spiro atoms. The van der Waals surface area contributed by atoms with Gasteiger partial charge in [-0.15, -0.1) is 0 Å². The first-order valence-corrected chi connectivity index (χ1v) is 3.49. The third-order valence-electron chi connectivity index (χ3n) is 1.29. The Kier molecular flexibility index (Phi) is 2.92. The molecule has 0 radical (unpaired) electrons. The monoisotopic (exact) mass is 187 g/mol. The summed E-state index contributed by atoms with van der Waals surface area (Å²) < 4.78 is 29.4. The lowest BCUT2D eigenvalue weighted by Crippen LogP contribution is -2.19. The second-order valence-corrected chi connectivity index (χ2v) is 2.25. The summed E-state index contributed by atoms with van der Waals surface area (Å²) in [6.45, 7) is -0.307. The molecule has 0 aromatic heterocycles. The first-order valence-electron chi connectivity index (χ1n) is 3.49. The van der Waals surface area contributed by atoms with Gasteiger partial charge in [-0.3, -0.25) is 4.79 Å². The van der Waals surface area contributed by atoms with Crippen molar-refractivity contribution in [1.29, 1.82) is 0 Å². The van der Waals surface area contributed by atoms with Crippen molar-refractivity contribution in [3.05, 3.63) is 29.8 Å². The lowest BCUT2D eigenvalue weighted by Gasteiger charge is -2.01. The predicted molar refractivity (Wildman–Crippen MR) is 41.0 cm³/mol. The summed E-state index contributed by atoms with van der Waals surface area (Å²) in [5.74, 6) is -2.82. The molecule has 0 aliphatic carbocycles. The molecule has 1 aromatic rings. The highest BCUT2D eigenvalue weighted by Crippen LogP contribution is 2.15. The fourth-order valence-corrected chi connectivity index (χ4v) is 0.713. The van der Waals surface area contributed by atoms with Crippen LogP contribution in [0.3, 0.4) is 0 Å². The summed E-state index contributed by atoms with van der Waals surface area (Å²) >= 11 is 0. The third-order valence-corrected chi connectivity index (χ3v) is 1.29. The number of ether oxygens (including phenoxy) is 1. The molecule has 0 fully saturated rings. The Morgan fingerprint density at radius 2 is 2.08 bits per heavy atom. The van der Waals surface area contributed by atoms with Crippen LogP contribution < -0.4 is 10.5 Å². The number of benzene rings is 1. The molecular weight excluding hydrogens is 180 g/mol. The van der Waals surface area contributed by atoms with Crippen LogP contribution in [-0.4, -0.2) is 12.5 Å². The van der Waals surface area contributed by atoms with Crippen LogP contribution in [0.1, 0.15) is 0 Å². The topological polar surface area (TPSA) is 52.3 Å². The molecule has 0 saturated carbocycles. The number of rotatable bonds is 2. The molecule has 0 aliphatic heterocycles. The Labute approximate surface area is 73.1 Å². The van der Waals surface area contributed by atoms with Crippen LogP contribution in [0.2, 0.25) is 0 Å². The van der Waals surface area contributed by atoms with Gasteiger partial charge in [-0.05, 0) is 12.1 Å². The van der Waals surface area contributed by atoms with Crippen LogP contribution in [0.15, 0.2) is 18.2 Å². The molecule has 0 aliphatic rings. The van der Waals surface area contributed by atoms with E-state index < -0.39 is 17.6 Å². The van der Waals surface area contributed by atoms with E-state index in [2.05, 4.69) is 4.74 Å². The number of hydrogen-bond acceptors (Lipinski definition) is 3. The molecule has 0 heterocycles. The molecule has 1 aromatic carbocycles. The van der Waals surface area contributed by atoms with E-state index in [9.17, 15) is 13.6 Å². The van der Waals surface area contributed by atoms with Crippen molar-refractivity contribution in [2.24, 2.45) is 5.73 Å². The van der Waals surface area contributed by atoms with E-state index >= 15 is 0 Å². The molecule has 0 atom stereocenters. The predicted octanol–water partition coefficient (Wildman–Crippen LogP) is 0.829. The molecule has 1 rings (SSSR count). The molecule has 0 saturated heterocycles. The molecule has 0 bridgehead atoms. The Bertz CT molecular complexity index is 328. The van der Waals surface area contributed by atoms with Gasteiger partial charge in [0.25, 0.3) is 0 Å². The highest BCUT2D eigenvalue weighted by molar-refractivity contribution is 5.74. The number of carbonyl (C=O) groups excluding carboxylic acids is 1. The zero-order chi connectivity index (χ0) is 9.84. The van der Waals surface area contributed by atoms with E-state index in [1.165, 1.54) is 0 Å². The second-order valence-electron chi connectivity index (χ2n) is 2.25. The van der Waals surface area contributed by atoms with E-state index in [4.69, 9.17) is 5.73 Å². The van der Waals surface area contributed by atoms with Gasteiger partial charge in [0.1, 0.15) is 5.75 Å². The minimum atomic E-state index is -1.07. The highest BCUT2D eigenvalue weighted by Gasteiger charge is 2.06. The van der Waals surface area contributed by atoms with Crippen molar-refractivity contribution in [2.75, 3.05) is 6.54 Å². The third kappa shape index (κ3) is 2.48. The summed E-state index contributed by atoms with van der Waals surface area (Å²) in [6, 6.07) is 2.79. The Morgan fingerprint density at radius 3 is 2.62 bits per heavy atom. The molecular formula is C8H7F2NO2. The number of carbonyl (C=O) groups is 1. The standard InChI is InChI=1S/C8H7F2NO2/c9-6-2-1-5(3-7(6)10)13-8(12)4-11/h1-3H,4,11H2. The lowest BCUT2D eigenvalue weighted by molar-refractivity contribution is -0.132. The molecule has 13 heavy (non-hydrogen) atoms. The van der Waals surface area contributed by atoms with Crippen LogP contribution in [0.5, 0.6) is 5.75 Å². The number of hydrogen-bond donors (Lipinski definition) is 1. The van der Waals surface area contributed by atoms with Gasteiger partial charge in [0, 0.05) is 6.07 Å². The van der Waals surface area contributed by atoms with Gasteiger partial charge in [0.15, 0.2) is 11.6 Å². The Hall–Kier alpha value is -1.49. The maximum Gasteiger partial charge on any atom is 0.325 e. The molecule has 0 amide bonds. The van der Waals surface area contributed by atoms with Crippen LogP contribution in [0, 0.1) is 11.6 Å². The number of halogens is 2. The Morgan fingerprint density at radius 1 is 1.38 bits per heavy atom. The smallest absolute Gasteiger partial charge is 0.325 e. The molecule has 70 valence electrons. The van der Waals surface area contributed by atoms with Gasteiger partial charge in [0.05, 0.1) is 6.54 Å². The van der Waals surface area contributed by atoms with Gasteiger partial charge in [0.2, 0.25) is 0 Å². The second kappa shape index (κ2) is 3.95. The normalized spacial score (nSPS) is 9.77. The fourth-order valence-electron chi connectivity index (χ4n) is 0.713. The first-order chi connectivity index (χ1) is 6.13. The molecule has 0 unspecified atom stereocenters. The van der Waals surface area contributed by atoms with Crippen molar-refractivity contribution in [2.45, 2.75) is 0 Å². The van der Waals surface area contributed by atoms with E-state index in [0.29, 0.717) is 0 Å². The number of esters is 1. The highest BCUT2D eigenvalue weighted by atomic mass is 19.2. The maximum absolute atomic E-state index is 12.5. The molecule has 2 N–H and O–H groups in total. The zero-order valence-corrected chi connectivity index (χ0v) is 6.59. The van der Waals surface area contributed by atoms with E-state index in [1.54, 1.807) is 0 Å². The van der Waals surface area contributed by atoms with Gasteiger partial charge >= 0.3 is 5.97 Å². The van der Waals surface area contributed by atoms with Crippen LogP contribution >= 0.6 is 0 Å². The van der Waals surface area contributed by atoms with E-state index in [-0.39, 0.29) is 12.3 Å². The molecule has 5 heteroatoms.